The van der Waals surface area contributed by atoms with E-state index in [4.69, 9.17) is 9.47 Å². The lowest BCUT2D eigenvalue weighted by Gasteiger charge is -2.10. The Hall–Kier alpha value is -2.84. The summed E-state index contributed by atoms with van der Waals surface area (Å²) in [5, 5.41) is 12.0. The number of carbonyl (C=O) groups is 1. The zero-order chi connectivity index (χ0) is 21.2. The van der Waals surface area contributed by atoms with Gasteiger partial charge in [0.15, 0.2) is 11.0 Å². The molecule has 7 nitrogen and oxygen atoms in total. The van der Waals surface area contributed by atoms with Gasteiger partial charge in [0, 0.05) is 24.6 Å². The van der Waals surface area contributed by atoms with Crippen LogP contribution >= 0.6 is 11.8 Å². The highest BCUT2D eigenvalue weighted by molar-refractivity contribution is 7.99. The van der Waals surface area contributed by atoms with Gasteiger partial charge in [-0.2, -0.15) is 0 Å². The van der Waals surface area contributed by atoms with Gasteiger partial charge in [-0.3, -0.25) is 9.36 Å². The van der Waals surface area contributed by atoms with Crippen LogP contribution in [0.2, 0.25) is 0 Å². The number of hydrogen-bond acceptors (Lipinski definition) is 6. The van der Waals surface area contributed by atoms with Crippen LogP contribution in [0.3, 0.4) is 0 Å². The Morgan fingerprint density at radius 3 is 2.73 bits per heavy atom. The monoisotopic (exact) mass is 426 g/mol. The maximum atomic E-state index is 12.5. The second kappa shape index (κ2) is 11.4. The van der Waals surface area contributed by atoms with Crippen LogP contribution in [-0.2, 0) is 16.1 Å². The maximum absolute atomic E-state index is 12.5. The number of carbonyl (C=O) groups excluding carboxylic acids is 1. The zero-order valence-electron chi connectivity index (χ0n) is 17.2. The molecule has 1 amide bonds. The molecule has 1 heterocycles. The SMILES string of the molecule is CCCCOc1cccc(NC(=O)CSc2nnc(COC)n2-c2ccccc2)c1. The van der Waals surface area contributed by atoms with Gasteiger partial charge in [0.2, 0.25) is 5.91 Å². The van der Waals surface area contributed by atoms with Crippen LogP contribution in [-0.4, -0.2) is 40.1 Å². The van der Waals surface area contributed by atoms with Gasteiger partial charge in [-0.25, -0.2) is 0 Å². The van der Waals surface area contributed by atoms with Gasteiger partial charge in [-0.05, 0) is 30.7 Å². The summed E-state index contributed by atoms with van der Waals surface area (Å²) >= 11 is 1.33. The third-order valence-electron chi connectivity index (χ3n) is 4.20. The minimum absolute atomic E-state index is 0.124. The molecule has 0 aliphatic heterocycles. The van der Waals surface area contributed by atoms with Crippen LogP contribution in [0.5, 0.6) is 5.75 Å². The molecule has 0 unspecified atom stereocenters. The van der Waals surface area contributed by atoms with E-state index in [9.17, 15) is 4.79 Å². The fourth-order valence-corrected chi connectivity index (χ4v) is 3.55. The number of methoxy groups -OCH3 is 1. The van der Waals surface area contributed by atoms with Crippen LogP contribution in [0, 0.1) is 0 Å². The summed E-state index contributed by atoms with van der Waals surface area (Å²) in [7, 11) is 1.62. The Morgan fingerprint density at radius 1 is 1.13 bits per heavy atom. The topological polar surface area (TPSA) is 78.3 Å². The van der Waals surface area contributed by atoms with Crippen LogP contribution in [0.1, 0.15) is 25.6 Å². The average molecular weight is 427 g/mol. The van der Waals surface area contributed by atoms with E-state index in [0.29, 0.717) is 29.9 Å². The summed E-state index contributed by atoms with van der Waals surface area (Å²) in [6.45, 7) is 3.12. The Balaban J connectivity index is 1.63. The second-order valence-electron chi connectivity index (χ2n) is 6.57. The van der Waals surface area contributed by atoms with Crippen LogP contribution in [0.25, 0.3) is 5.69 Å². The van der Waals surface area contributed by atoms with Gasteiger partial charge in [0.05, 0.1) is 12.4 Å². The van der Waals surface area contributed by atoms with E-state index in [-0.39, 0.29) is 11.7 Å². The molecule has 3 aromatic rings. The van der Waals surface area contributed by atoms with Crippen molar-refractivity contribution in [2.24, 2.45) is 0 Å². The van der Waals surface area contributed by atoms with Gasteiger partial charge in [-0.15, -0.1) is 10.2 Å². The number of ether oxygens (including phenoxy) is 2. The highest BCUT2D eigenvalue weighted by Crippen LogP contribution is 2.23. The molecule has 30 heavy (non-hydrogen) atoms. The number of nitrogens with zero attached hydrogens (tertiary/aromatic N) is 3. The van der Waals surface area contributed by atoms with Crippen molar-refractivity contribution in [3.8, 4) is 11.4 Å². The quantitative estimate of drug-likeness (QED) is 0.363. The third kappa shape index (κ3) is 6.08. The van der Waals surface area contributed by atoms with E-state index < -0.39 is 0 Å². The first-order valence-corrected chi connectivity index (χ1v) is 10.8. The molecule has 0 radical (unpaired) electrons. The minimum atomic E-state index is -0.124. The number of rotatable bonds is 11. The van der Waals surface area contributed by atoms with E-state index >= 15 is 0 Å². The lowest BCUT2D eigenvalue weighted by Crippen LogP contribution is -2.14. The molecular weight excluding hydrogens is 400 g/mol. The van der Waals surface area contributed by atoms with Crippen molar-refractivity contribution in [3.63, 3.8) is 0 Å². The molecule has 0 saturated heterocycles. The van der Waals surface area contributed by atoms with Gasteiger partial charge in [0.25, 0.3) is 0 Å². The molecule has 1 N–H and O–H groups in total. The third-order valence-corrected chi connectivity index (χ3v) is 5.13. The number of hydrogen-bond donors (Lipinski definition) is 1. The summed E-state index contributed by atoms with van der Waals surface area (Å²) in [5.41, 5.74) is 1.63. The van der Waals surface area contributed by atoms with Gasteiger partial charge in [0.1, 0.15) is 12.4 Å². The molecule has 2 aromatic carbocycles. The lowest BCUT2D eigenvalue weighted by molar-refractivity contribution is -0.113. The van der Waals surface area contributed by atoms with E-state index in [1.54, 1.807) is 7.11 Å². The highest BCUT2D eigenvalue weighted by Gasteiger charge is 2.15. The molecule has 0 aliphatic rings. The average Bonchev–Trinajstić information content (AvgIpc) is 3.16. The van der Waals surface area contributed by atoms with E-state index in [1.807, 2.05) is 59.2 Å². The highest BCUT2D eigenvalue weighted by atomic mass is 32.2. The fraction of sp³-hybridized carbons (Fsp3) is 0.318. The molecule has 0 spiro atoms. The van der Waals surface area contributed by atoms with Gasteiger partial charge in [-0.1, -0.05) is 49.4 Å². The van der Waals surface area contributed by atoms with E-state index in [0.717, 1.165) is 24.3 Å². The predicted octanol–water partition coefficient (Wildman–Crippen LogP) is 4.32. The second-order valence-corrected chi connectivity index (χ2v) is 7.51. The molecule has 0 bridgehead atoms. The molecule has 8 heteroatoms. The van der Waals surface area contributed by atoms with Crippen LogP contribution < -0.4 is 10.1 Å². The van der Waals surface area contributed by atoms with Crippen molar-refractivity contribution in [1.82, 2.24) is 14.8 Å². The summed E-state index contributed by atoms with van der Waals surface area (Å²) in [6, 6.07) is 17.2. The van der Waals surface area contributed by atoms with Crippen molar-refractivity contribution in [2.45, 2.75) is 31.5 Å². The Labute approximate surface area is 180 Å². The lowest BCUT2D eigenvalue weighted by atomic mass is 10.3. The van der Waals surface area contributed by atoms with Crippen molar-refractivity contribution < 1.29 is 14.3 Å². The fourth-order valence-electron chi connectivity index (χ4n) is 2.78. The number of thioether (sulfide) groups is 1. The number of aromatic nitrogens is 3. The predicted molar refractivity (Wildman–Crippen MR) is 118 cm³/mol. The summed E-state index contributed by atoms with van der Waals surface area (Å²) < 4.78 is 12.8. The number of benzene rings is 2. The van der Waals surface area contributed by atoms with Crippen molar-refractivity contribution in [2.75, 3.05) is 24.8 Å². The minimum Gasteiger partial charge on any atom is -0.494 e. The smallest absolute Gasteiger partial charge is 0.234 e. The first kappa shape index (κ1) is 21.9. The summed E-state index contributed by atoms with van der Waals surface area (Å²) in [4.78, 5) is 12.5. The summed E-state index contributed by atoms with van der Waals surface area (Å²) in [5.74, 6) is 1.52. The molecule has 0 atom stereocenters. The van der Waals surface area contributed by atoms with Crippen LogP contribution in [0.4, 0.5) is 5.69 Å². The van der Waals surface area contributed by atoms with Gasteiger partial charge >= 0.3 is 0 Å². The van der Waals surface area contributed by atoms with Crippen LogP contribution in [0.15, 0.2) is 59.8 Å². The number of anilines is 1. The number of nitrogens with one attached hydrogen (secondary N) is 1. The number of para-hydroxylation sites is 1. The molecule has 3 rings (SSSR count). The molecule has 158 valence electrons. The molecule has 0 saturated carbocycles. The normalized spacial score (nSPS) is 10.7. The first-order valence-electron chi connectivity index (χ1n) is 9.85. The van der Waals surface area contributed by atoms with Crippen molar-refractivity contribution >= 4 is 23.4 Å². The Morgan fingerprint density at radius 2 is 1.97 bits per heavy atom. The molecule has 0 fully saturated rings. The molecule has 0 aliphatic carbocycles. The summed E-state index contributed by atoms with van der Waals surface area (Å²) in [6.07, 6.45) is 2.08. The Kier molecular flexibility index (Phi) is 8.29. The van der Waals surface area contributed by atoms with E-state index in [1.165, 1.54) is 11.8 Å². The number of amides is 1. The maximum Gasteiger partial charge on any atom is 0.234 e. The largest absolute Gasteiger partial charge is 0.494 e. The van der Waals surface area contributed by atoms with E-state index in [2.05, 4.69) is 22.4 Å². The standard InChI is InChI=1S/C22H26N4O3S/c1-3-4-13-29-19-12-8-9-17(14-19)23-21(27)16-30-22-25-24-20(15-28-2)26(22)18-10-6-5-7-11-18/h5-12,14H,3-4,13,15-16H2,1-2H3,(H,23,27). The zero-order valence-corrected chi connectivity index (χ0v) is 18.0. The van der Waals surface area contributed by atoms with Crippen molar-refractivity contribution in [1.29, 1.82) is 0 Å². The first-order chi connectivity index (χ1) is 14.7. The molecular formula is C22H26N4O3S. The van der Waals surface area contributed by atoms with Crippen molar-refractivity contribution in [3.05, 3.63) is 60.4 Å². The van der Waals surface area contributed by atoms with Gasteiger partial charge < -0.3 is 14.8 Å². The molecule has 1 aromatic heterocycles. The number of unbranched alkanes of at least 4 members (excludes halogenated alkanes) is 1. The Bertz CT molecular complexity index is 947.